The number of amides is 1. The van der Waals surface area contributed by atoms with Gasteiger partial charge in [-0.2, -0.15) is 0 Å². The van der Waals surface area contributed by atoms with Crippen molar-refractivity contribution in [3.05, 3.63) is 47.5 Å². The number of hydrogen-bond acceptors (Lipinski definition) is 8. The maximum atomic E-state index is 12.2. The van der Waals surface area contributed by atoms with Crippen molar-refractivity contribution in [2.45, 2.75) is 5.22 Å². The number of rotatable bonds is 6. The number of halogens is 1. The molecule has 0 radical (unpaired) electrons. The van der Waals surface area contributed by atoms with Crippen LogP contribution < -0.4 is 10.1 Å². The normalized spacial score (nSPS) is 10.9. The molecule has 7 nitrogen and oxygen atoms in total. The number of thiazole rings is 1. The van der Waals surface area contributed by atoms with Crippen LogP contribution in [0, 0.1) is 0 Å². The molecule has 0 unspecified atom stereocenters. The van der Waals surface area contributed by atoms with Gasteiger partial charge in [0.25, 0.3) is 5.22 Å². The number of methoxy groups -OCH3 is 1. The molecule has 1 N–H and O–H groups in total. The van der Waals surface area contributed by atoms with Crippen LogP contribution in [0.25, 0.3) is 21.7 Å². The summed E-state index contributed by atoms with van der Waals surface area (Å²) in [5, 5.41) is 12.2. The summed E-state index contributed by atoms with van der Waals surface area (Å²) in [7, 11) is 1.59. The average molecular weight is 433 g/mol. The van der Waals surface area contributed by atoms with Crippen LogP contribution in [-0.2, 0) is 4.79 Å². The number of hydrogen-bond donors (Lipinski definition) is 1. The van der Waals surface area contributed by atoms with E-state index in [1.165, 1.54) is 11.3 Å². The molecule has 10 heteroatoms. The SMILES string of the molecule is COc1cccc2sc(NC(=O)CSc3nnc(-c4ccc(Cl)cc4)o3)nc12. The molecule has 4 aromatic rings. The third-order valence-corrected chi connectivity index (χ3v) is 5.68. The predicted molar refractivity (Wildman–Crippen MR) is 110 cm³/mol. The molecule has 0 atom stereocenters. The van der Waals surface area contributed by atoms with Gasteiger partial charge in [-0.25, -0.2) is 4.98 Å². The summed E-state index contributed by atoms with van der Waals surface area (Å²) in [6.07, 6.45) is 0. The molecule has 0 saturated heterocycles. The molecule has 4 rings (SSSR count). The van der Waals surface area contributed by atoms with Crippen molar-refractivity contribution in [1.29, 1.82) is 0 Å². The first-order valence-electron chi connectivity index (χ1n) is 8.08. The van der Waals surface area contributed by atoms with Gasteiger partial charge in [-0.3, -0.25) is 4.79 Å². The highest BCUT2D eigenvalue weighted by Crippen LogP contribution is 2.32. The monoisotopic (exact) mass is 432 g/mol. The standard InChI is InChI=1S/C18H13ClN4O3S2/c1-25-12-3-2-4-13-15(12)21-17(28-13)20-14(24)9-27-18-23-22-16(26-18)10-5-7-11(19)8-6-10/h2-8H,9H2,1H3,(H,20,21,24). The summed E-state index contributed by atoms with van der Waals surface area (Å²) in [4.78, 5) is 16.6. The third kappa shape index (κ3) is 4.11. The molecule has 0 bridgehead atoms. The first-order valence-corrected chi connectivity index (χ1v) is 10.3. The topological polar surface area (TPSA) is 90.1 Å². The molecule has 142 valence electrons. The minimum Gasteiger partial charge on any atom is -0.494 e. The van der Waals surface area contributed by atoms with E-state index in [-0.39, 0.29) is 11.7 Å². The number of nitrogens with one attached hydrogen (secondary N) is 1. The zero-order valence-electron chi connectivity index (χ0n) is 14.5. The molecule has 0 aliphatic carbocycles. The molecule has 1 amide bonds. The van der Waals surface area contributed by atoms with E-state index in [1.54, 1.807) is 31.4 Å². The zero-order chi connectivity index (χ0) is 19.5. The van der Waals surface area contributed by atoms with Gasteiger partial charge < -0.3 is 14.5 Å². The Morgan fingerprint density at radius 2 is 2.07 bits per heavy atom. The lowest BCUT2D eigenvalue weighted by molar-refractivity contribution is -0.113. The highest BCUT2D eigenvalue weighted by molar-refractivity contribution is 7.99. The number of carbonyl (C=O) groups is 1. The fourth-order valence-electron chi connectivity index (χ4n) is 2.40. The number of carbonyl (C=O) groups excluding carboxylic acids is 1. The van der Waals surface area contributed by atoms with Crippen LogP contribution in [0.1, 0.15) is 0 Å². The van der Waals surface area contributed by atoms with E-state index in [4.69, 9.17) is 20.8 Å². The van der Waals surface area contributed by atoms with E-state index in [0.717, 1.165) is 27.5 Å². The summed E-state index contributed by atoms with van der Waals surface area (Å²) >= 11 is 8.41. The lowest BCUT2D eigenvalue weighted by Crippen LogP contribution is -2.13. The minimum absolute atomic E-state index is 0.120. The van der Waals surface area contributed by atoms with Crippen molar-refractivity contribution >= 4 is 56.0 Å². The summed E-state index contributed by atoms with van der Waals surface area (Å²) < 4.78 is 11.8. The Morgan fingerprint density at radius 3 is 2.86 bits per heavy atom. The minimum atomic E-state index is -0.214. The molecule has 2 aromatic heterocycles. The van der Waals surface area contributed by atoms with Gasteiger partial charge in [0, 0.05) is 10.6 Å². The quantitative estimate of drug-likeness (QED) is 0.440. The Kier molecular flexibility index (Phi) is 5.47. The first-order chi connectivity index (χ1) is 13.6. The van der Waals surface area contributed by atoms with Gasteiger partial charge in [0.2, 0.25) is 11.8 Å². The Hall–Kier alpha value is -2.62. The van der Waals surface area contributed by atoms with Crippen molar-refractivity contribution < 1.29 is 13.9 Å². The number of benzene rings is 2. The maximum absolute atomic E-state index is 12.2. The third-order valence-electron chi connectivity index (χ3n) is 3.67. The summed E-state index contributed by atoms with van der Waals surface area (Å²) in [6.45, 7) is 0. The molecule has 2 aromatic carbocycles. The van der Waals surface area contributed by atoms with E-state index in [0.29, 0.717) is 27.0 Å². The van der Waals surface area contributed by atoms with E-state index in [2.05, 4.69) is 20.5 Å². The van der Waals surface area contributed by atoms with Gasteiger partial charge in [-0.1, -0.05) is 40.8 Å². The highest BCUT2D eigenvalue weighted by atomic mass is 35.5. The number of ether oxygens (including phenoxy) is 1. The van der Waals surface area contributed by atoms with Gasteiger partial charge in [0.05, 0.1) is 17.6 Å². The number of thioether (sulfide) groups is 1. The molecule has 0 saturated carbocycles. The van der Waals surface area contributed by atoms with Gasteiger partial charge in [0.15, 0.2) is 5.13 Å². The van der Waals surface area contributed by atoms with Gasteiger partial charge >= 0.3 is 0 Å². The summed E-state index contributed by atoms with van der Waals surface area (Å²) in [5.74, 6) is 0.950. The van der Waals surface area contributed by atoms with Gasteiger partial charge in [-0.05, 0) is 36.4 Å². The van der Waals surface area contributed by atoms with Crippen molar-refractivity contribution in [3.63, 3.8) is 0 Å². The van der Waals surface area contributed by atoms with Crippen LogP contribution in [0.3, 0.4) is 0 Å². The first kappa shape index (κ1) is 18.7. The van der Waals surface area contributed by atoms with Gasteiger partial charge in [-0.15, -0.1) is 10.2 Å². The molecule has 0 aliphatic rings. The van der Waals surface area contributed by atoms with Crippen LogP contribution in [0.4, 0.5) is 5.13 Å². The van der Waals surface area contributed by atoms with Crippen molar-refractivity contribution in [3.8, 4) is 17.2 Å². The predicted octanol–water partition coefficient (Wildman–Crippen LogP) is 4.74. The Labute approximate surface area is 173 Å². The molecular weight excluding hydrogens is 420 g/mol. The second kappa shape index (κ2) is 8.17. The lowest BCUT2D eigenvalue weighted by atomic mass is 10.2. The Morgan fingerprint density at radius 1 is 1.25 bits per heavy atom. The molecular formula is C18H13ClN4O3S2. The second-order valence-corrected chi connectivity index (χ2v) is 7.94. The average Bonchev–Trinajstić information content (AvgIpc) is 3.33. The Balaban J connectivity index is 1.38. The number of fused-ring (bicyclic) bond motifs is 1. The lowest BCUT2D eigenvalue weighted by Gasteiger charge is -1.99. The molecule has 0 fully saturated rings. The highest BCUT2D eigenvalue weighted by Gasteiger charge is 2.14. The van der Waals surface area contributed by atoms with E-state index in [9.17, 15) is 4.79 Å². The molecule has 0 aliphatic heterocycles. The van der Waals surface area contributed by atoms with Crippen LogP contribution in [0.5, 0.6) is 5.75 Å². The molecule has 0 spiro atoms. The second-order valence-electron chi connectivity index (χ2n) is 5.54. The maximum Gasteiger partial charge on any atom is 0.277 e. The Bertz CT molecular complexity index is 1130. The van der Waals surface area contributed by atoms with Crippen molar-refractivity contribution in [1.82, 2.24) is 15.2 Å². The number of para-hydroxylation sites is 1. The van der Waals surface area contributed by atoms with E-state index in [1.807, 2.05) is 18.2 Å². The molecule has 2 heterocycles. The zero-order valence-corrected chi connectivity index (χ0v) is 16.9. The molecule has 28 heavy (non-hydrogen) atoms. The largest absolute Gasteiger partial charge is 0.494 e. The van der Waals surface area contributed by atoms with Crippen LogP contribution >= 0.6 is 34.7 Å². The van der Waals surface area contributed by atoms with Crippen molar-refractivity contribution in [2.24, 2.45) is 0 Å². The van der Waals surface area contributed by atoms with Crippen LogP contribution in [-0.4, -0.2) is 34.0 Å². The van der Waals surface area contributed by atoms with E-state index < -0.39 is 0 Å². The van der Waals surface area contributed by atoms with Crippen molar-refractivity contribution in [2.75, 3.05) is 18.2 Å². The summed E-state index contributed by atoms with van der Waals surface area (Å²) in [5.41, 5.74) is 1.49. The fraction of sp³-hybridized carbons (Fsp3) is 0.111. The number of aromatic nitrogens is 3. The van der Waals surface area contributed by atoms with Crippen LogP contribution in [0.2, 0.25) is 5.02 Å². The number of nitrogens with zero attached hydrogens (tertiary/aromatic N) is 3. The fourth-order valence-corrected chi connectivity index (χ4v) is 3.99. The summed E-state index contributed by atoms with van der Waals surface area (Å²) in [6, 6.07) is 12.7. The number of anilines is 1. The van der Waals surface area contributed by atoms with Crippen LogP contribution in [0.15, 0.2) is 52.1 Å². The van der Waals surface area contributed by atoms with E-state index >= 15 is 0 Å². The van der Waals surface area contributed by atoms with Gasteiger partial charge in [0.1, 0.15) is 11.3 Å². The smallest absolute Gasteiger partial charge is 0.277 e.